The van der Waals surface area contributed by atoms with Crippen LogP contribution in [0.3, 0.4) is 0 Å². The monoisotopic (exact) mass is 378 g/mol. The molecule has 0 spiro atoms. The number of hydrogen-bond acceptors (Lipinski definition) is 3. The molecule has 1 atom stereocenters. The smallest absolute Gasteiger partial charge is 0.280 e. The van der Waals surface area contributed by atoms with Crippen molar-refractivity contribution in [3.05, 3.63) is 52.0 Å². The number of halogens is 2. The van der Waals surface area contributed by atoms with Gasteiger partial charge in [-0.3, -0.25) is 9.59 Å². The van der Waals surface area contributed by atoms with Gasteiger partial charge >= 0.3 is 0 Å². The van der Waals surface area contributed by atoms with Gasteiger partial charge in [-0.25, -0.2) is 0 Å². The van der Waals surface area contributed by atoms with Crippen LogP contribution in [0.1, 0.15) is 12.5 Å². The number of amides is 2. The SMILES string of the molecule is Cc1ccc2c(c1)N(C)C(=O)C(C)(C(=O)Nc1ccc(Cl)c(Cl)c1)O2. The summed E-state index contributed by atoms with van der Waals surface area (Å²) >= 11 is 11.8. The third-order valence-electron chi connectivity index (χ3n) is 4.11. The first-order valence-electron chi connectivity index (χ1n) is 7.56. The minimum Gasteiger partial charge on any atom is -0.465 e. The van der Waals surface area contributed by atoms with Gasteiger partial charge in [-0.1, -0.05) is 29.3 Å². The van der Waals surface area contributed by atoms with Gasteiger partial charge < -0.3 is 15.0 Å². The molecule has 130 valence electrons. The van der Waals surface area contributed by atoms with Crippen LogP contribution in [-0.4, -0.2) is 24.5 Å². The van der Waals surface area contributed by atoms with E-state index in [9.17, 15) is 9.59 Å². The third-order valence-corrected chi connectivity index (χ3v) is 4.85. The molecule has 0 radical (unpaired) electrons. The van der Waals surface area contributed by atoms with E-state index in [1.54, 1.807) is 25.2 Å². The highest BCUT2D eigenvalue weighted by atomic mass is 35.5. The van der Waals surface area contributed by atoms with Crippen LogP contribution in [0.4, 0.5) is 11.4 Å². The molecule has 1 heterocycles. The Balaban J connectivity index is 1.92. The highest BCUT2D eigenvalue weighted by Crippen LogP contribution is 2.38. The first-order chi connectivity index (χ1) is 11.7. The molecular weight excluding hydrogens is 363 g/mol. The lowest BCUT2D eigenvalue weighted by Gasteiger charge is -2.38. The molecule has 2 amide bonds. The number of benzene rings is 2. The van der Waals surface area contributed by atoms with Gasteiger partial charge in [-0.2, -0.15) is 0 Å². The normalized spacial score (nSPS) is 19.2. The van der Waals surface area contributed by atoms with Gasteiger partial charge in [0.2, 0.25) is 0 Å². The molecule has 0 bridgehead atoms. The van der Waals surface area contributed by atoms with Crippen LogP contribution in [0, 0.1) is 6.92 Å². The van der Waals surface area contributed by atoms with Crippen molar-refractivity contribution < 1.29 is 14.3 Å². The lowest BCUT2D eigenvalue weighted by atomic mass is 9.99. The largest absolute Gasteiger partial charge is 0.465 e. The summed E-state index contributed by atoms with van der Waals surface area (Å²) in [6.07, 6.45) is 0. The zero-order valence-electron chi connectivity index (χ0n) is 13.9. The van der Waals surface area contributed by atoms with Crippen molar-refractivity contribution >= 4 is 46.4 Å². The molecule has 3 rings (SSSR count). The van der Waals surface area contributed by atoms with Crippen molar-refractivity contribution in [2.45, 2.75) is 19.4 Å². The van der Waals surface area contributed by atoms with Crippen molar-refractivity contribution in [3.8, 4) is 5.75 Å². The fourth-order valence-electron chi connectivity index (χ4n) is 2.64. The molecular formula is C18H16Cl2N2O3. The molecule has 7 heteroatoms. The quantitative estimate of drug-likeness (QED) is 0.801. The van der Waals surface area contributed by atoms with E-state index in [1.165, 1.54) is 17.9 Å². The number of nitrogens with one attached hydrogen (secondary N) is 1. The summed E-state index contributed by atoms with van der Waals surface area (Å²) in [5.74, 6) is -0.573. The molecule has 0 saturated heterocycles. The summed E-state index contributed by atoms with van der Waals surface area (Å²) in [5.41, 5.74) is 0.355. The highest BCUT2D eigenvalue weighted by Gasteiger charge is 2.49. The van der Waals surface area contributed by atoms with Gasteiger partial charge in [0.25, 0.3) is 17.4 Å². The van der Waals surface area contributed by atoms with E-state index in [-0.39, 0.29) is 0 Å². The highest BCUT2D eigenvalue weighted by molar-refractivity contribution is 6.42. The van der Waals surface area contributed by atoms with Gasteiger partial charge in [0, 0.05) is 12.7 Å². The van der Waals surface area contributed by atoms with Crippen LogP contribution < -0.4 is 15.0 Å². The average molecular weight is 379 g/mol. The summed E-state index contributed by atoms with van der Waals surface area (Å²) in [6, 6.07) is 10.1. The maximum atomic E-state index is 12.8. The maximum Gasteiger partial charge on any atom is 0.280 e. The van der Waals surface area contributed by atoms with Crippen LogP contribution in [0.2, 0.25) is 10.0 Å². The fourth-order valence-corrected chi connectivity index (χ4v) is 2.93. The Kier molecular flexibility index (Phi) is 4.39. The van der Waals surface area contributed by atoms with Crippen LogP contribution in [-0.2, 0) is 9.59 Å². The van der Waals surface area contributed by atoms with Gasteiger partial charge in [-0.05, 0) is 49.7 Å². The number of nitrogens with zero attached hydrogens (tertiary/aromatic N) is 1. The van der Waals surface area contributed by atoms with Gasteiger partial charge in [0.05, 0.1) is 15.7 Å². The minimum absolute atomic E-state index is 0.304. The van der Waals surface area contributed by atoms with Crippen molar-refractivity contribution in [1.29, 1.82) is 0 Å². The molecule has 1 unspecified atom stereocenters. The first-order valence-corrected chi connectivity index (χ1v) is 8.32. The Hall–Kier alpha value is -2.24. The zero-order chi connectivity index (χ0) is 18.4. The fraction of sp³-hybridized carbons (Fsp3) is 0.222. The Morgan fingerprint density at radius 2 is 1.88 bits per heavy atom. The number of likely N-dealkylation sites (N-methyl/N-ethyl adjacent to an activating group) is 1. The predicted octanol–water partition coefficient (Wildman–Crippen LogP) is 4.05. The standard InChI is InChI=1S/C18H16Cl2N2O3/c1-10-4-7-15-14(8-10)22(3)17(24)18(2,25-15)16(23)21-11-5-6-12(19)13(20)9-11/h4-9H,1-3H3,(H,21,23). The van der Waals surface area contributed by atoms with Crippen LogP contribution >= 0.6 is 23.2 Å². The van der Waals surface area contributed by atoms with E-state index in [4.69, 9.17) is 27.9 Å². The second-order valence-electron chi connectivity index (χ2n) is 6.05. The van der Waals surface area contributed by atoms with Crippen LogP contribution in [0.25, 0.3) is 0 Å². The number of carbonyl (C=O) groups is 2. The molecule has 5 nitrogen and oxygen atoms in total. The van der Waals surface area contributed by atoms with Crippen molar-refractivity contribution in [2.24, 2.45) is 0 Å². The minimum atomic E-state index is -1.69. The van der Waals surface area contributed by atoms with E-state index in [0.29, 0.717) is 27.2 Å². The van der Waals surface area contributed by atoms with Crippen molar-refractivity contribution in [2.75, 3.05) is 17.3 Å². The summed E-state index contributed by atoms with van der Waals surface area (Å²) < 4.78 is 5.78. The summed E-state index contributed by atoms with van der Waals surface area (Å²) in [6.45, 7) is 3.37. The number of ether oxygens (including phenoxy) is 1. The molecule has 1 aliphatic heterocycles. The number of carbonyl (C=O) groups excluding carboxylic acids is 2. The summed E-state index contributed by atoms with van der Waals surface area (Å²) in [5, 5.41) is 3.34. The van der Waals surface area contributed by atoms with E-state index in [2.05, 4.69) is 5.32 Å². The maximum absolute atomic E-state index is 12.8. The van der Waals surface area contributed by atoms with E-state index in [1.807, 2.05) is 19.1 Å². The molecule has 1 N–H and O–H groups in total. The second-order valence-corrected chi connectivity index (χ2v) is 6.87. The van der Waals surface area contributed by atoms with E-state index < -0.39 is 17.4 Å². The van der Waals surface area contributed by atoms with E-state index in [0.717, 1.165) is 5.56 Å². The van der Waals surface area contributed by atoms with Gasteiger partial charge in [0.15, 0.2) is 0 Å². The lowest BCUT2D eigenvalue weighted by Crippen LogP contribution is -2.59. The molecule has 0 saturated carbocycles. The number of fused-ring (bicyclic) bond motifs is 1. The average Bonchev–Trinajstić information content (AvgIpc) is 2.57. The molecule has 0 aliphatic carbocycles. The Bertz CT molecular complexity index is 885. The van der Waals surface area contributed by atoms with E-state index >= 15 is 0 Å². The predicted molar refractivity (Wildman–Crippen MR) is 98.7 cm³/mol. The Morgan fingerprint density at radius 1 is 1.16 bits per heavy atom. The molecule has 2 aromatic carbocycles. The second kappa shape index (κ2) is 6.24. The number of rotatable bonds is 2. The van der Waals surface area contributed by atoms with Crippen molar-refractivity contribution in [1.82, 2.24) is 0 Å². The third kappa shape index (κ3) is 3.05. The lowest BCUT2D eigenvalue weighted by molar-refractivity contribution is -0.144. The van der Waals surface area contributed by atoms with Gasteiger partial charge in [-0.15, -0.1) is 0 Å². The van der Waals surface area contributed by atoms with Crippen molar-refractivity contribution in [3.63, 3.8) is 0 Å². The molecule has 0 aromatic heterocycles. The summed E-state index contributed by atoms with van der Waals surface area (Å²) in [7, 11) is 1.62. The first kappa shape index (κ1) is 17.6. The summed E-state index contributed by atoms with van der Waals surface area (Å²) in [4.78, 5) is 27.0. The molecule has 25 heavy (non-hydrogen) atoms. The topological polar surface area (TPSA) is 58.6 Å². The zero-order valence-corrected chi connectivity index (χ0v) is 15.4. The number of hydrogen-bond donors (Lipinski definition) is 1. The molecule has 1 aliphatic rings. The number of aryl methyl sites for hydroxylation is 1. The van der Waals surface area contributed by atoms with Gasteiger partial charge in [0.1, 0.15) is 5.75 Å². The Labute approximate surface area is 155 Å². The van der Waals surface area contributed by atoms with Crippen LogP contribution in [0.15, 0.2) is 36.4 Å². The molecule has 0 fully saturated rings. The number of anilines is 2. The Morgan fingerprint density at radius 3 is 2.56 bits per heavy atom. The van der Waals surface area contributed by atoms with Crippen LogP contribution in [0.5, 0.6) is 5.75 Å². The molecule has 2 aromatic rings.